The fraction of sp³-hybridized carbons (Fsp3) is 0.760. The lowest BCUT2D eigenvalue weighted by Gasteiger charge is -2.60. The summed E-state index contributed by atoms with van der Waals surface area (Å²) in [6.07, 6.45) is 3.44. The van der Waals surface area contributed by atoms with Crippen LogP contribution < -0.4 is 10.6 Å². The summed E-state index contributed by atoms with van der Waals surface area (Å²) < 4.78 is 19.1. The fourth-order valence-electron chi connectivity index (χ4n) is 6.29. The second-order valence-electron chi connectivity index (χ2n) is 10.2. The largest absolute Gasteiger partial charge is 0.384 e. The summed E-state index contributed by atoms with van der Waals surface area (Å²) in [5.74, 6) is 0.741. The van der Waals surface area contributed by atoms with Gasteiger partial charge in [-0.1, -0.05) is 32.0 Å². The first-order chi connectivity index (χ1) is 15.5. The van der Waals surface area contributed by atoms with Gasteiger partial charge in [0.25, 0.3) is 0 Å². The lowest BCUT2D eigenvalue weighted by molar-refractivity contribution is -0.577. The topological polar surface area (TPSA) is 70.2 Å². The summed E-state index contributed by atoms with van der Waals surface area (Å²) in [6.45, 7) is 9.65. The Kier molecular flexibility index (Phi) is 6.49. The standard InChI is InChI=1S/C25H38N2O5/c1-17-9-10-21-18(2)22(28-16-15-26-13-14-27-19-7-5-4-6-8-19)29-23-25(21)20(17)11-12-24(3,30-23)31-32-25/h4-8,17-18,20-23,26-27H,9-16H2,1-3H3/t17-,18-,20?,21?,22+,23-,24?,25-/m1/s1. The van der Waals surface area contributed by atoms with E-state index in [1.165, 1.54) is 6.42 Å². The zero-order valence-corrected chi connectivity index (χ0v) is 19.5. The highest BCUT2D eigenvalue weighted by molar-refractivity contribution is 5.42. The molecule has 2 bridgehead atoms. The van der Waals surface area contributed by atoms with E-state index in [1.54, 1.807) is 0 Å². The van der Waals surface area contributed by atoms with Crippen LogP contribution in [0.3, 0.4) is 0 Å². The molecular weight excluding hydrogens is 408 g/mol. The van der Waals surface area contributed by atoms with Crippen LogP contribution in [0.5, 0.6) is 0 Å². The van der Waals surface area contributed by atoms with Gasteiger partial charge in [0.1, 0.15) is 0 Å². The summed E-state index contributed by atoms with van der Waals surface area (Å²) in [5, 5.41) is 6.84. The number of benzene rings is 1. The normalized spacial score (nSPS) is 42.8. The molecule has 1 spiro atoms. The minimum atomic E-state index is -0.740. The molecule has 7 heteroatoms. The Balaban J connectivity index is 1.14. The van der Waals surface area contributed by atoms with E-state index in [-0.39, 0.29) is 12.2 Å². The van der Waals surface area contributed by atoms with E-state index < -0.39 is 17.7 Å². The van der Waals surface area contributed by atoms with Crippen LogP contribution in [0.4, 0.5) is 5.69 Å². The highest BCUT2D eigenvalue weighted by Gasteiger charge is 2.69. The van der Waals surface area contributed by atoms with Crippen LogP contribution in [-0.4, -0.2) is 50.2 Å². The molecule has 7 nitrogen and oxygen atoms in total. The molecule has 1 aromatic rings. The smallest absolute Gasteiger partial charge is 0.201 e. The molecule has 1 saturated carbocycles. The second-order valence-corrected chi connectivity index (χ2v) is 10.2. The lowest BCUT2D eigenvalue weighted by Crippen LogP contribution is -2.70. The number of fused-ring (bicyclic) bond motifs is 2. The maximum atomic E-state index is 6.45. The molecule has 5 fully saturated rings. The zero-order valence-electron chi connectivity index (χ0n) is 19.5. The van der Waals surface area contributed by atoms with Crippen LogP contribution in [0, 0.1) is 23.7 Å². The van der Waals surface area contributed by atoms with Crippen molar-refractivity contribution in [2.75, 3.05) is 31.6 Å². The average molecular weight is 447 g/mol. The SMILES string of the molecule is C[C@@H]1CCC2[C@@H](C)[C@@H](OCCNCCNc3ccccc3)O[C@@H]3OC4(C)CCC1[C@@]23OO4. The molecular formula is C25H38N2O5. The Hall–Kier alpha value is -1.22. The zero-order chi connectivity index (χ0) is 22.2. The van der Waals surface area contributed by atoms with Crippen LogP contribution in [0.25, 0.3) is 0 Å². The first kappa shape index (κ1) is 22.6. The average Bonchev–Trinajstić information content (AvgIpc) is 3.03. The Morgan fingerprint density at radius 3 is 2.69 bits per heavy atom. The van der Waals surface area contributed by atoms with Gasteiger partial charge < -0.3 is 24.8 Å². The summed E-state index contributed by atoms with van der Waals surface area (Å²) in [7, 11) is 0. The Labute approximate surface area is 191 Å². The third kappa shape index (κ3) is 4.08. The first-order valence-electron chi connectivity index (χ1n) is 12.3. The second kappa shape index (κ2) is 9.20. The van der Waals surface area contributed by atoms with Crippen LogP contribution >= 0.6 is 0 Å². The molecule has 4 saturated heterocycles. The molecule has 1 aromatic carbocycles. The quantitative estimate of drug-likeness (QED) is 0.463. The molecule has 4 heterocycles. The highest BCUT2D eigenvalue weighted by Crippen LogP contribution is 2.60. The summed E-state index contributed by atoms with van der Waals surface area (Å²) in [4.78, 5) is 12.1. The van der Waals surface area contributed by atoms with Crippen LogP contribution in [0.15, 0.2) is 30.3 Å². The summed E-state index contributed by atoms with van der Waals surface area (Å²) >= 11 is 0. The Morgan fingerprint density at radius 2 is 1.84 bits per heavy atom. The van der Waals surface area contributed by atoms with Gasteiger partial charge in [0, 0.05) is 43.6 Å². The van der Waals surface area contributed by atoms with Crippen molar-refractivity contribution in [3.63, 3.8) is 0 Å². The van der Waals surface area contributed by atoms with Gasteiger partial charge in [-0.05, 0) is 50.2 Å². The summed E-state index contributed by atoms with van der Waals surface area (Å²) in [6, 6.07) is 10.2. The summed E-state index contributed by atoms with van der Waals surface area (Å²) in [5.41, 5.74) is 0.621. The molecule has 0 amide bonds. The van der Waals surface area contributed by atoms with Gasteiger partial charge >= 0.3 is 0 Å². The van der Waals surface area contributed by atoms with E-state index in [4.69, 9.17) is 24.0 Å². The lowest BCUT2D eigenvalue weighted by atomic mass is 9.58. The van der Waals surface area contributed by atoms with Crippen molar-refractivity contribution in [3.8, 4) is 0 Å². The highest BCUT2D eigenvalue weighted by atomic mass is 17.3. The number of para-hydroxylation sites is 1. The van der Waals surface area contributed by atoms with Crippen LogP contribution in [0.1, 0.15) is 46.5 Å². The Bertz CT molecular complexity index is 766. The third-order valence-corrected chi connectivity index (χ3v) is 8.06. The monoisotopic (exact) mass is 446 g/mol. The molecule has 0 radical (unpaired) electrons. The van der Waals surface area contributed by atoms with Crippen molar-refractivity contribution in [3.05, 3.63) is 30.3 Å². The van der Waals surface area contributed by atoms with E-state index in [1.807, 2.05) is 25.1 Å². The number of nitrogens with one attached hydrogen (secondary N) is 2. The van der Waals surface area contributed by atoms with Gasteiger partial charge in [-0.2, -0.15) is 0 Å². The van der Waals surface area contributed by atoms with Crippen LogP contribution in [-0.2, 0) is 24.0 Å². The van der Waals surface area contributed by atoms with Crippen molar-refractivity contribution in [2.24, 2.45) is 23.7 Å². The predicted octanol–water partition coefficient (Wildman–Crippen LogP) is 3.91. The van der Waals surface area contributed by atoms with Crippen molar-refractivity contribution in [1.29, 1.82) is 0 Å². The maximum absolute atomic E-state index is 6.45. The Morgan fingerprint density at radius 1 is 1.00 bits per heavy atom. The van der Waals surface area contributed by atoms with Crippen molar-refractivity contribution >= 4 is 5.69 Å². The van der Waals surface area contributed by atoms with Gasteiger partial charge in [-0.3, -0.25) is 0 Å². The number of rotatable bonds is 8. The number of anilines is 1. The minimum Gasteiger partial charge on any atom is -0.384 e. The van der Waals surface area contributed by atoms with Crippen molar-refractivity contribution in [2.45, 2.75) is 70.4 Å². The fourth-order valence-corrected chi connectivity index (χ4v) is 6.29. The molecule has 8 atom stereocenters. The molecule has 178 valence electrons. The van der Waals surface area contributed by atoms with Crippen molar-refractivity contribution in [1.82, 2.24) is 5.32 Å². The third-order valence-electron chi connectivity index (χ3n) is 8.06. The predicted molar refractivity (Wildman–Crippen MR) is 121 cm³/mol. The molecule has 6 rings (SSSR count). The molecule has 4 aliphatic heterocycles. The van der Waals surface area contributed by atoms with E-state index >= 15 is 0 Å². The van der Waals surface area contributed by atoms with E-state index in [0.717, 1.165) is 44.6 Å². The van der Waals surface area contributed by atoms with Crippen LogP contribution in [0.2, 0.25) is 0 Å². The van der Waals surface area contributed by atoms with Gasteiger partial charge in [0.05, 0.1) is 6.61 Å². The van der Waals surface area contributed by atoms with Gasteiger partial charge in [0.2, 0.25) is 5.79 Å². The van der Waals surface area contributed by atoms with Gasteiger partial charge in [-0.25, -0.2) is 9.78 Å². The van der Waals surface area contributed by atoms with E-state index in [0.29, 0.717) is 24.4 Å². The maximum Gasteiger partial charge on any atom is 0.201 e. The molecule has 0 aromatic heterocycles. The van der Waals surface area contributed by atoms with Gasteiger partial charge in [0.15, 0.2) is 18.2 Å². The first-order valence-corrected chi connectivity index (χ1v) is 12.3. The molecule has 5 aliphatic rings. The van der Waals surface area contributed by atoms with E-state index in [2.05, 4.69) is 36.6 Å². The minimum absolute atomic E-state index is 0.218. The number of hydrogen-bond donors (Lipinski definition) is 2. The molecule has 32 heavy (non-hydrogen) atoms. The van der Waals surface area contributed by atoms with Crippen molar-refractivity contribution < 1.29 is 24.0 Å². The molecule has 3 unspecified atom stereocenters. The molecule has 2 N–H and O–H groups in total. The molecule has 1 aliphatic carbocycles. The number of ether oxygens (including phenoxy) is 3. The number of hydrogen-bond acceptors (Lipinski definition) is 7. The van der Waals surface area contributed by atoms with Gasteiger partial charge in [-0.15, -0.1) is 0 Å². The van der Waals surface area contributed by atoms with E-state index in [9.17, 15) is 0 Å².